The number of para-hydroxylation sites is 1. The van der Waals surface area contributed by atoms with Crippen LogP contribution in [-0.4, -0.2) is 18.0 Å². The van der Waals surface area contributed by atoms with Crippen LogP contribution in [0.2, 0.25) is 0 Å². The van der Waals surface area contributed by atoms with Gasteiger partial charge in [-0.1, -0.05) is 42.5 Å². The number of hydrogen-bond acceptors (Lipinski definition) is 5. The average Bonchev–Trinajstić information content (AvgIpc) is 3.11. The molecule has 0 aliphatic rings. The molecule has 32 heavy (non-hydrogen) atoms. The van der Waals surface area contributed by atoms with Crippen LogP contribution in [0.25, 0.3) is 0 Å². The molecule has 6 heteroatoms. The fraction of sp³-hybridized carbons (Fsp3) is 0.154. The number of methoxy groups -OCH3 is 1. The van der Waals surface area contributed by atoms with E-state index in [0.29, 0.717) is 5.56 Å². The van der Waals surface area contributed by atoms with Crippen molar-refractivity contribution in [2.24, 2.45) is 0 Å². The first-order chi connectivity index (χ1) is 15.6. The monoisotopic (exact) mass is 443 g/mol. The van der Waals surface area contributed by atoms with Crippen molar-refractivity contribution in [3.8, 4) is 5.75 Å². The number of amides is 1. The zero-order chi connectivity index (χ0) is 22.5. The van der Waals surface area contributed by atoms with Crippen molar-refractivity contribution < 1.29 is 9.53 Å². The minimum atomic E-state index is -0.267. The maximum absolute atomic E-state index is 13.0. The topological polar surface area (TPSA) is 63.2 Å². The van der Waals surface area contributed by atoms with Crippen molar-refractivity contribution in [3.05, 3.63) is 106 Å². The van der Waals surface area contributed by atoms with E-state index < -0.39 is 0 Å². The van der Waals surface area contributed by atoms with Gasteiger partial charge in [-0.2, -0.15) is 0 Å². The van der Waals surface area contributed by atoms with E-state index in [1.807, 2.05) is 72.8 Å². The molecule has 162 valence electrons. The van der Waals surface area contributed by atoms with Crippen LogP contribution >= 0.6 is 11.3 Å². The van der Waals surface area contributed by atoms with E-state index in [1.165, 1.54) is 0 Å². The third kappa shape index (κ3) is 4.50. The summed E-state index contributed by atoms with van der Waals surface area (Å²) >= 11 is 1.58. The number of rotatable bonds is 7. The van der Waals surface area contributed by atoms with Gasteiger partial charge in [0.25, 0.3) is 5.91 Å². The largest absolute Gasteiger partial charge is 0.496 e. The lowest BCUT2D eigenvalue weighted by Crippen LogP contribution is -2.18. The number of carbonyl (C=O) groups is 1. The van der Waals surface area contributed by atoms with Gasteiger partial charge in [0, 0.05) is 27.8 Å². The second-order valence-electron chi connectivity index (χ2n) is 7.38. The molecule has 0 saturated heterocycles. The fourth-order valence-electron chi connectivity index (χ4n) is 3.66. The summed E-state index contributed by atoms with van der Waals surface area (Å²) in [5, 5.41) is 7.51. The highest BCUT2D eigenvalue weighted by Crippen LogP contribution is 2.43. The second-order valence-corrected chi connectivity index (χ2v) is 8.61. The number of ether oxygens (including phenoxy) is 1. The molecule has 2 N–H and O–H groups in total. The van der Waals surface area contributed by atoms with E-state index in [0.717, 1.165) is 38.1 Å². The van der Waals surface area contributed by atoms with Gasteiger partial charge in [0.15, 0.2) is 0 Å². The predicted molar refractivity (Wildman–Crippen MR) is 131 cm³/mol. The highest BCUT2D eigenvalue weighted by Gasteiger charge is 2.27. The van der Waals surface area contributed by atoms with E-state index >= 15 is 0 Å². The Morgan fingerprint density at radius 2 is 1.69 bits per heavy atom. The second kappa shape index (κ2) is 9.66. The third-order valence-electron chi connectivity index (χ3n) is 5.39. The SMILES string of the molecule is COc1ccccc1[C@H](Nc1ccccn1)c1c(NC(=O)c2ccccc2)sc(C)c1C. The summed E-state index contributed by atoms with van der Waals surface area (Å²) < 4.78 is 5.68. The lowest BCUT2D eigenvalue weighted by atomic mass is 9.95. The van der Waals surface area contributed by atoms with Crippen molar-refractivity contribution in [3.63, 3.8) is 0 Å². The number of benzene rings is 2. The number of thiophene rings is 1. The molecule has 4 aromatic rings. The molecule has 5 nitrogen and oxygen atoms in total. The van der Waals surface area contributed by atoms with E-state index in [1.54, 1.807) is 24.6 Å². The molecule has 0 saturated carbocycles. The van der Waals surface area contributed by atoms with Crippen molar-refractivity contribution in [2.75, 3.05) is 17.7 Å². The predicted octanol–water partition coefficient (Wildman–Crippen LogP) is 6.22. The van der Waals surface area contributed by atoms with Gasteiger partial charge in [-0.25, -0.2) is 4.98 Å². The average molecular weight is 444 g/mol. The van der Waals surface area contributed by atoms with Gasteiger partial charge >= 0.3 is 0 Å². The molecule has 4 rings (SSSR count). The molecule has 0 radical (unpaired) electrons. The number of hydrogen-bond donors (Lipinski definition) is 2. The van der Waals surface area contributed by atoms with Crippen LogP contribution in [-0.2, 0) is 0 Å². The first-order valence-electron chi connectivity index (χ1n) is 10.3. The molecule has 0 aliphatic carbocycles. The zero-order valence-electron chi connectivity index (χ0n) is 18.3. The zero-order valence-corrected chi connectivity index (χ0v) is 19.1. The van der Waals surface area contributed by atoms with E-state index in [-0.39, 0.29) is 11.9 Å². The molecule has 0 spiro atoms. The molecule has 2 aromatic carbocycles. The number of pyridine rings is 1. The van der Waals surface area contributed by atoms with Gasteiger partial charge in [0.05, 0.1) is 13.2 Å². The van der Waals surface area contributed by atoms with Crippen molar-refractivity contribution >= 4 is 28.1 Å². The Morgan fingerprint density at radius 3 is 2.41 bits per heavy atom. The van der Waals surface area contributed by atoms with Crippen LogP contribution in [0.3, 0.4) is 0 Å². The summed E-state index contributed by atoms with van der Waals surface area (Å²) in [5.41, 5.74) is 3.72. The minimum absolute atomic E-state index is 0.135. The molecule has 1 atom stereocenters. The summed E-state index contributed by atoms with van der Waals surface area (Å²) in [6, 6.07) is 22.7. The van der Waals surface area contributed by atoms with E-state index in [2.05, 4.69) is 29.5 Å². The Bertz CT molecular complexity index is 1210. The molecular weight excluding hydrogens is 418 g/mol. The van der Waals surface area contributed by atoms with Gasteiger partial charge < -0.3 is 15.4 Å². The number of aromatic nitrogens is 1. The normalized spacial score (nSPS) is 11.6. The molecular formula is C26H25N3O2S. The highest BCUT2D eigenvalue weighted by molar-refractivity contribution is 7.16. The molecule has 0 bridgehead atoms. The van der Waals surface area contributed by atoms with Gasteiger partial charge in [-0.05, 0) is 49.7 Å². The molecule has 0 fully saturated rings. The first kappa shape index (κ1) is 21.6. The third-order valence-corrected chi connectivity index (χ3v) is 6.53. The van der Waals surface area contributed by atoms with Crippen molar-refractivity contribution in [1.82, 2.24) is 4.98 Å². The van der Waals surface area contributed by atoms with Gasteiger partial charge in [0.1, 0.15) is 16.6 Å². The summed E-state index contributed by atoms with van der Waals surface area (Å²) in [6.07, 6.45) is 1.76. The Morgan fingerprint density at radius 1 is 0.969 bits per heavy atom. The maximum Gasteiger partial charge on any atom is 0.256 e. The Hall–Kier alpha value is -3.64. The quantitative estimate of drug-likeness (QED) is 0.356. The van der Waals surface area contributed by atoms with Gasteiger partial charge in [-0.15, -0.1) is 11.3 Å². The minimum Gasteiger partial charge on any atom is -0.496 e. The van der Waals surface area contributed by atoms with Crippen molar-refractivity contribution in [2.45, 2.75) is 19.9 Å². The number of aryl methyl sites for hydroxylation is 1. The van der Waals surface area contributed by atoms with E-state index in [4.69, 9.17) is 4.74 Å². The van der Waals surface area contributed by atoms with Crippen LogP contribution < -0.4 is 15.4 Å². The fourth-order valence-corrected chi connectivity index (χ4v) is 4.75. The van der Waals surface area contributed by atoms with E-state index in [9.17, 15) is 4.79 Å². The lowest BCUT2D eigenvalue weighted by Gasteiger charge is -2.24. The first-order valence-corrected chi connectivity index (χ1v) is 11.2. The van der Waals surface area contributed by atoms with Crippen molar-refractivity contribution in [1.29, 1.82) is 0 Å². The smallest absolute Gasteiger partial charge is 0.256 e. The van der Waals surface area contributed by atoms with Crippen LogP contribution in [0.4, 0.5) is 10.8 Å². The van der Waals surface area contributed by atoms with Gasteiger partial charge in [-0.3, -0.25) is 4.79 Å². The molecule has 0 aliphatic heterocycles. The molecule has 1 amide bonds. The highest BCUT2D eigenvalue weighted by atomic mass is 32.1. The van der Waals surface area contributed by atoms with Crippen LogP contribution in [0.5, 0.6) is 5.75 Å². The Labute approximate surface area is 192 Å². The summed E-state index contributed by atoms with van der Waals surface area (Å²) in [6.45, 7) is 4.16. The lowest BCUT2D eigenvalue weighted by molar-refractivity contribution is 0.102. The van der Waals surface area contributed by atoms with Crippen LogP contribution in [0.1, 0.15) is 38.0 Å². The Balaban J connectivity index is 1.81. The number of carbonyl (C=O) groups excluding carboxylic acids is 1. The van der Waals surface area contributed by atoms with Crippen LogP contribution in [0.15, 0.2) is 79.0 Å². The summed E-state index contributed by atoms with van der Waals surface area (Å²) in [7, 11) is 1.67. The summed E-state index contributed by atoms with van der Waals surface area (Å²) in [4.78, 5) is 18.6. The standard InChI is InChI=1S/C26H25N3O2S/c1-17-18(2)32-26(29-25(30)19-11-5-4-6-12-19)23(17)24(28-22-15-9-10-16-27-22)20-13-7-8-14-21(20)31-3/h4-16,24H,1-3H3,(H,27,28)(H,29,30)/t24-/m0/s1. The maximum atomic E-state index is 13.0. The molecule has 0 unspecified atom stereocenters. The van der Waals surface area contributed by atoms with Gasteiger partial charge in [0.2, 0.25) is 0 Å². The summed E-state index contributed by atoms with van der Waals surface area (Å²) in [5.74, 6) is 1.38. The molecule has 2 heterocycles. The Kier molecular flexibility index (Phi) is 6.52. The van der Waals surface area contributed by atoms with Crippen LogP contribution in [0, 0.1) is 13.8 Å². The number of anilines is 2. The number of nitrogens with zero attached hydrogens (tertiary/aromatic N) is 1. The molecule has 2 aromatic heterocycles. The number of nitrogens with one attached hydrogen (secondary N) is 2.